The third-order valence-electron chi connectivity index (χ3n) is 13.0. The van der Waals surface area contributed by atoms with Gasteiger partial charge in [0.05, 0.1) is 9.79 Å². The Labute approximate surface area is 410 Å². The molecular formula is C56H86O6S2Zn. The van der Waals surface area contributed by atoms with Gasteiger partial charge in [-0.1, -0.05) is 230 Å². The number of rotatable bonds is 34. The first-order valence-electron chi connectivity index (χ1n) is 26.0. The van der Waals surface area contributed by atoms with E-state index in [2.05, 4.69) is 27.7 Å². The summed E-state index contributed by atoms with van der Waals surface area (Å²) in [6.07, 6.45) is 35.5. The second kappa shape index (κ2) is 34.2. The van der Waals surface area contributed by atoms with Crippen molar-refractivity contribution in [1.29, 1.82) is 0 Å². The summed E-state index contributed by atoms with van der Waals surface area (Å²) in [6, 6.07) is 19.8. The molecule has 0 aromatic heterocycles. The van der Waals surface area contributed by atoms with Crippen LogP contribution in [0.15, 0.2) is 70.5 Å². The maximum atomic E-state index is 12.4. The van der Waals surface area contributed by atoms with Gasteiger partial charge in [0.25, 0.3) is 0 Å². The minimum Gasteiger partial charge on any atom is -0.744 e. The molecule has 0 heterocycles. The van der Waals surface area contributed by atoms with Gasteiger partial charge in [0.15, 0.2) is 0 Å². The zero-order chi connectivity index (χ0) is 46.5. The van der Waals surface area contributed by atoms with Crippen LogP contribution >= 0.6 is 0 Å². The van der Waals surface area contributed by atoms with Crippen LogP contribution < -0.4 is 0 Å². The molecule has 4 aromatic rings. The first kappa shape index (κ1) is 59.0. The molecule has 0 amide bonds. The quantitative estimate of drug-likeness (QED) is 0.0262. The molecule has 0 aliphatic carbocycles. The van der Waals surface area contributed by atoms with Gasteiger partial charge in [0.1, 0.15) is 20.2 Å². The van der Waals surface area contributed by atoms with E-state index in [-0.39, 0.29) is 29.3 Å². The molecule has 360 valence electrons. The second-order valence-corrected chi connectivity index (χ2v) is 21.2. The standard InChI is InChI=1S/2C28H44O3S.Zn/c2*1-3-5-7-9-11-13-15-20-25-23-24-19-17-18-21-26(24)27(28(25)32(29,30)31)22-16-14-12-10-8-6-4-2;/h2*17-19,21,23H,3-16,20,22H2,1-2H3,(H,29,30,31);/q;;+2/p-2. The van der Waals surface area contributed by atoms with Crippen molar-refractivity contribution in [3.8, 4) is 0 Å². The van der Waals surface area contributed by atoms with Crippen molar-refractivity contribution in [3.63, 3.8) is 0 Å². The predicted octanol–water partition coefficient (Wildman–Crippen LogP) is 16.7. The summed E-state index contributed by atoms with van der Waals surface area (Å²) >= 11 is 0. The van der Waals surface area contributed by atoms with Gasteiger partial charge in [-0.25, -0.2) is 16.8 Å². The molecule has 9 heteroatoms. The van der Waals surface area contributed by atoms with E-state index in [9.17, 15) is 25.9 Å². The molecule has 0 spiro atoms. The van der Waals surface area contributed by atoms with Crippen molar-refractivity contribution < 1.29 is 45.4 Å². The van der Waals surface area contributed by atoms with Crippen molar-refractivity contribution in [3.05, 3.63) is 82.9 Å². The maximum Gasteiger partial charge on any atom is 2.00 e. The fraction of sp³-hybridized carbons (Fsp3) is 0.643. The van der Waals surface area contributed by atoms with Crippen LogP contribution in [0.3, 0.4) is 0 Å². The zero-order valence-corrected chi connectivity index (χ0v) is 46.0. The minimum atomic E-state index is -4.51. The number of hydrogen-bond acceptors (Lipinski definition) is 6. The molecule has 0 unspecified atom stereocenters. The van der Waals surface area contributed by atoms with E-state index in [0.717, 1.165) is 95.2 Å². The first-order chi connectivity index (χ1) is 31.0. The van der Waals surface area contributed by atoms with Crippen LogP contribution in [-0.4, -0.2) is 25.9 Å². The topological polar surface area (TPSA) is 114 Å². The van der Waals surface area contributed by atoms with Crippen molar-refractivity contribution in [1.82, 2.24) is 0 Å². The molecule has 0 radical (unpaired) electrons. The van der Waals surface area contributed by atoms with E-state index < -0.39 is 20.2 Å². The van der Waals surface area contributed by atoms with Gasteiger partial charge in [-0.15, -0.1) is 0 Å². The summed E-state index contributed by atoms with van der Waals surface area (Å²) in [6.45, 7) is 8.87. The zero-order valence-electron chi connectivity index (χ0n) is 41.4. The molecule has 4 rings (SSSR count). The van der Waals surface area contributed by atoms with Gasteiger partial charge in [-0.2, -0.15) is 0 Å². The van der Waals surface area contributed by atoms with Crippen LogP contribution in [0.4, 0.5) is 0 Å². The summed E-state index contributed by atoms with van der Waals surface area (Å²) in [5, 5.41) is 3.96. The van der Waals surface area contributed by atoms with Crippen LogP contribution in [0, 0.1) is 0 Å². The third kappa shape index (κ3) is 22.2. The van der Waals surface area contributed by atoms with Crippen LogP contribution in [-0.2, 0) is 65.4 Å². The van der Waals surface area contributed by atoms with Crippen molar-refractivity contribution >= 4 is 41.8 Å². The summed E-state index contributed by atoms with van der Waals surface area (Å²) in [4.78, 5) is 0.154. The van der Waals surface area contributed by atoms with E-state index in [1.165, 1.54) is 128 Å². The van der Waals surface area contributed by atoms with E-state index in [1.807, 2.05) is 60.7 Å². The maximum absolute atomic E-state index is 12.4. The molecule has 0 N–H and O–H groups in total. The van der Waals surface area contributed by atoms with Gasteiger partial charge in [-0.3, -0.25) is 0 Å². The Hall–Kier alpha value is -2.16. The molecular weight excluding hydrogens is 898 g/mol. The number of hydrogen-bond donors (Lipinski definition) is 0. The van der Waals surface area contributed by atoms with Crippen molar-refractivity contribution in [2.75, 3.05) is 0 Å². The minimum absolute atomic E-state index is 0. The monoisotopic (exact) mass is 983 g/mol. The SMILES string of the molecule is CCCCCCCCCc1cc2ccccc2c(CCCCCCCCC)c1S(=O)(=O)[O-].CCCCCCCCCc1cc2ccccc2c(CCCCCCCCC)c1S(=O)(=O)[O-].[Zn+2]. The van der Waals surface area contributed by atoms with Gasteiger partial charge < -0.3 is 9.11 Å². The molecule has 0 atom stereocenters. The summed E-state index contributed by atoms with van der Waals surface area (Å²) in [5.41, 5.74) is 2.96. The molecule has 0 aliphatic rings. The molecule has 0 bridgehead atoms. The van der Waals surface area contributed by atoms with E-state index in [4.69, 9.17) is 0 Å². The summed E-state index contributed by atoms with van der Waals surface area (Å²) in [7, 11) is -9.03. The fourth-order valence-electron chi connectivity index (χ4n) is 9.49. The second-order valence-electron chi connectivity index (χ2n) is 18.5. The van der Waals surface area contributed by atoms with Crippen LogP contribution in [0.5, 0.6) is 0 Å². The van der Waals surface area contributed by atoms with Crippen LogP contribution in [0.1, 0.15) is 230 Å². The Morgan fingerprint density at radius 1 is 0.354 bits per heavy atom. The number of aryl methyl sites for hydroxylation is 4. The molecule has 0 fully saturated rings. The third-order valence-corrected chi connectivity index (χ3v) is 15.0. The Morgan fingerprint density at radius 2 is 0.600 bits per heavy atom. The van der Waals surface area contributed by atoms with Gasteiger partial charge in [-0.05, 0) is 107 Å². The smallest absolute Gasteiger partial charge is 0.744 e. The first-order valence-corrected chi connectivity index (χ1v) is 28.8. The molecule has 6 nitrogen and oxygen atoms in total. The normalized spacial score (nSPS) is 11.8. The average Bonchev–Trinajstić information content (AvgIpc) is 3.27. The Balaban J connectivity index is 0.000000440. The fourth-order valence-corrected chi connectivity index (χ4v) is 11.5. The largest absolute Gasteiger partial charge is 2.00 e. The van der Waals surface area contributed by atoms with Gasteiger partial charge in [0, 0.05) is 0 Å². The molecule has 65 heavy (non-hydrogen) atoms. The van der Waals surface area contributed by atoms with Gasteiger partial charge in [0.2, 0.25) is 0 Å². The number of fused-ring (bicyclic) bond motifs is 2. The van der Waals surface area contributed by atoms with Crippen LogP contribution in [0.25, 0.3) is 21.5 Å². The summed E-state index contributed by atoms with van der Waals surface area (Å²) in [5.74, 6) is 0. The molecule has 0 aliphatic heterocycles. The van der Waals surface area contributed by atoms with Crippen molar-refractivity contribution in [2.45, 2.75) is 243 Å². The molecule has 4 aromatic carbocycles. The average molecular weight is 985 g/mol. The Bertz CT molecular complexity index is 1960. The number of unbranched alkanes of at least 4 members (excludes halogenated alkanes) is 24. The van der Waals surface area contributed by atoms with Gasteiger partial charge >= 0.3 is 19.5 Å². The van der Waals surface area contributed by atoms with E-state index in [1.54, 1.807) is 0 Å². The predicted molar refractivity (Wildman–Crippen MR) is 271 cm³/mol. The van der Waals surface area contributed by atoms with E-state index >= 15 is 0 Å². The van der Waals surface area contributed by atoms with Crippen molar-refractivity contribution in [2.24, 2.45) is 0 Å². The Morgan fingerprint density at radius 3 is 0.877 bits per heavy atom. The molecule has 0 saturated heterocycles. The Kier molecular flexibility index (Phi) is 31.0. The molecule has 0 saturated carbocycles. The number of benzene rings is 4. The van der Waals surface area contributed by atoms with Crippen LogP contribution in [0.2, 0.25) is 0 Å². The summed E-state index contributed by atoms with van der Waals surface area (Å²) < 4.78 is 74.3. The van der Waals surface area contributed by atoms with E-state index in [0.29, 0.717) is 25.7 Å².